The lowest BCUT2D eigenvalue weighted by Crippen LogP contribution is -2.34. The van der Waals surface area contributed by atoms with Crippen LogP contribution in [-0.4, -0.2) is 11.8 Å². The minimum atomic E-state index is 0.249. The summed E-state index contributed by atoms with van der Waals surface area (Å²) >= 11 is 0. The van der Waals surface area contributed by atoms with Gasteiger partial charge in [-0.15, -0.1) is 0 Å². The van der Waals surface area contributed by atoms with Crippen molar-refractivity contribution in [3.63, 3.8) is 0 Å². The largest absolute Gasteiger partial charge is 0.382 e. The van der Waals surface area contributed by atoms with Crippen LogP contribution in [0.3, 0.4) is 0 Å². The van der Waals surface area contributed by atoms with Gasteiger partial charge >= 0.3 is 0 Å². The van der Waals surface area contributed by atoms with Gasteiger partial charge < -0.3 is 5.32 Å². The van der Waals surface area contributed by atoms with E-state index in [1.165, 1.54) is 38.5 Å². The Bertz CT molecular complexity index is 742. The highest BCUT2D eigenvalue weighted by molar-refractivity contribution is 5.96. The van der Waals surface area contributed by atoms with Crippen molar-refractivity contribution in [3.05, 3.63) is 65.2 Å². The smallest absolute Gasteiger partial charge is 0.162 e. The third-order valence-electron chi connectivity index (χ3n) is 6.35. The second-order valence-corrected chi connectivity index (χ2v) is 8.29. The Hall–Kier alpha value is -2.09. The van der Waals surface area contributed by atoms with E-state index in [9.17, 15) is 4.79 Å². The highest BCUT2D eigenvalue weighted by atomic mass is 16.1. The summed E-state index contributed by atoms with van der Waals surface area (Å²) in [7, 11) is 0. The molecule has 0 radical (unpaired) electrons. The highest BCUT2D eigenvalue weighted by Gasteiger charge is 2.39. The molecule has 0 heterocycles. The molecule has 1 fully saturated rings. The average molecular weight is 348 g/mol. The van der Waals surface area contributed by atoms with E-state index < -0.39 is 0 Å². The first-order valence-corrected chi connectivity index (χ1v) is 10.1. The summed E-state index contributed by atoms with van der Waals surface area (Å²) in [6.45, 7) is 2.05. The molecular formula is C24H29NO. The van der Waals surface area contributed by atoms with E-state index in [2.05, 4.69) is 41.7 Å². The molecule has 0 atom stereocenters. The van der Waals surface area contributed by atoms with Crippen molar-refractivity contribution in [2.24, 2.45) is 5.41 Å². The molecule has 0 aromatic heterocycles. The van der Waals surface area contributed by atoms with Crippen LogP contribution in [0.4, 0.5) is 5.69 Å². The summed E-state index contributed by atoms with van der Waals surface area (Å²) in [5, 5.41) is 3.70. The Kier molecular flexibility index (Phi) is 4.84. The second-order valence-electron chi connectivity index (χ2n) is 8.29. The molecule has 0 unspecified atom stereocenters. The summed E-state index contributed by atoms with van der Waals surface area (Å²) in [6, 6.07) is 17.6. The fourth-order valence-corrected chi connectivity index (χ4v) is 4.86. The Morgan fingerprint density at radius 3 is 2.19 bits per heavy atom. The Morgan fingerprint density at radius 2 is 1.62 bits per heavy atom. The van der Waals surface area contributed by atoms with E-state index in [0.717, 1.165) is 17.7 Å². The maximum absolute atomic E-state index is 12.0. The monoisotopic (exact) mass is 347 g/mol. The first-order chi connectivity index (χ1) is 12.7. The minimum absolute atomic E-state index is 0.249. The lowest BCUT2D eigenvalue weighted by molar-refractivity contribution is 0.0982. The maximum atomic E-state index is 12.0. The maximum Gasteiger partial charge on any atom is 0.162 e. The standard InChI is InChI=1S/C24H29NO/c1-2-5-23(26)18-8-10-21(11-9-18)25-22-12-14-24(15-13-22)16-19-6-3-4-7-20(19)17-24/h3-4,6-11,22,25H,2,5,12-17H2,1H3. The highest BCUT2D eigenvalue weighted by Crippen LogP contribution is 2.47. The van der Waals surface area contributed by atoms with Crippen molar-refractivity contribution < 1.29 is 4.79 Å². The van der Waals surface area contributed by atoms with E-state index in [0.29, 0.717) is 17.9 Å². The number of ketones is 1. The number of rotatable bonds is 5. The number of fused-ring (bicyclic) bond motifs is 1. The molecule has 4 rings (SSSR count). The molecule has 2 aliphatic carbocycles. The number of anilines is 1. The predicted molar refractivity (Wildman–Crippen MR) is 108 cm³/mol. The molecule has 26 heavy (non-hydrogen) atoms. The number of hydrogen-bond acceptors (Lipinski definition) is 2. The Balaban J connectivity index is 1.33. The minimum Gasteiger partial charge on any atom is -0.382 e. The zero-order chi connectivity index (χ0) is 18.0. The van der Waals surface area contributed by atoms with Crippen molar-refractivity contribution in [2.75, 3.05) is 5.32 Å². The van der Waals surface area contributed by atoms with E-state index in [4.69, 9.17) is 0 Å². The first kappa shape index (κ1) is 17.3. The van der Waals surface area contributed by atoms with Crippen LogP contribution in [0, 0.1) is 5.41 Å². The van der Waals surface area contributed by atoms with Gasteiger partial charge in [0.1, 0.15) is 0 Å². The van der Waals surface area contributed by atoms with Gasteiger partial charge in [0.05, 0.1) is 0 Å². The van der Waals surface area contributed by atoms with Crippen molar-refractivity contribution in [1.29, 1.82) is 0 Å². The number of hydrogen-bond donors (Lipinski definition) is 1. The van der Waals surface area contributed by atoms with Crippen LogP contribution in [0.1, 0.15) is 66.9 Å². The van der Waals surface area contributed by atoms with Gasteiger partial charge in [0.15, 0.2) is 5.78 Å². The van der Waals surface area contributed by atoms with Crippen LogP contribution >= 0.6 is 0 Å². The van der Waals surface area contributed by atoms with Gasteiger partial charge in [-0.1, -0.05) is 31.2 Å². The zero-order valence-electron chi connectivity index (χ0n) is 15.8. The quantitative estimate of drug-likeness (QED) is 0.692. The molecule has 0 bridgehead atoms. The summed E-state index contributed by atoms with van der Waals surface area (Å²) in [6.07, 6.45) is 9.19. The van der Waals surface area contributed by atoms with Gasteiger partial charge in [-0.05, 0) is 85.8 Å². The fourth-order valence-electron chi connectivity index (χ4n) is 4.86. The van der Waals surface area contributed by atoms with Crippen molar-refractivity contribution in [3.8, 4) is 0 Å². The molecule has 136 valence electrons. The molecule has 1 N–H and O–H groups in total. The SMILES string of the molecule is CCCC(=O)c1ccc(NC2CCC3(CC2)Cc2ccccc2C3)cc1. The summed E-state index contributed by atoms with van der Waals surface area (Å²) in [5.74, 6) is 0.249. The average Bonchev–Trinajstić information content (AvgIpc) is 3.02. The summed E-state index contributed by atoms with van der Waals surface area (Å²) < 4.78 is 0. The lowest BCUT2D eigenvalue weighted by Gasteiger charge is -2.38. The molecule has 2 aromatic rings. The van der Waals surface area contributed by atoms with Crippen molar-refractivity contribution >= 4 is 11.5 Å². The van der Waals surface area contributed by atoms with Crippen LogP contribution in [0.2, 0.25) is 0 Å². The van der Waals surface area contributed by atoms with E-state index in [1.54, 1.807) is 11.1 Å². The van der Waals surface area contributed by atoms with E-state index in [-0.39, 0.29) is 5.78 Å². The lowest BCUT2D eigenvalue weighted by atomic mass is 9.70. The molecule has 2 aliphatic rings. The van der Waals surface area contributed by atoms with Gasteiger partial charge in [-0.3, -0.25) is 4.79 Å². The third kappa shape index (κ3) is 3.56. The van der Waals surface area contributed by atoms with Crippen LogP contribution in [-0.2, 0) is 12.8 Å². The summed E-state index contributed by atoms with van der Waals surface area (Å²) in [4.78, 5) is 12.0. The first-order valence-electron chi connectivity index (χ1n) is 10.1. The molecule has 1 spiro atoms. The molecule has 0 saturated heterocycles. The van der Waals surface area contributed by atoms with Crippen molar-refractivity contribution in [2.45, 2.75) is 64.3 Å². The number of carbonyl (C=O) groups excluding carboxylic acids is 1. The van der Waals surface area contributed by atoms with Crippen LogP contribution in [0.5, 0.6) is 0 Å². The van der Waals surface area contributed by atoms with Gasteiger partial charge in [0.2, 0.25) is 0 Å². The molecule has 2 heteroatoms. The van der Waals surface area contributed by atoms with E-state index >= 15 is 0 Å². The van der Waals surface area contributed by atoms with Gasteiger partial charge in [0, 0.05) is 23.7 Å². The molecule has 2 aromatic carbocycles. The number of Topliss-reactive ketones (excluding diaryl/α,β-unsaturated/α-hetero) is 1. The Morgan fingerprint density at radius 1 is 1.00 bits per heavy atom. The van der Waals surface area contributed by atoms with Crippen LogP contribution in [0.25, 0.3) is 0 Å². The Labute approximate surface area is 157 Å². The molecule has 0 amide bonds. The van der Waals surface area contributed by atoms with Crippen LogP contribution < -0.4 is 5.32 Å². The second kappa shape index (κ2) is 7.26. The molecule has 2 nitrogen and oxygen atoms in total. The van der Waals surface area contributed by atoms with Crippen LogP contribution in [0.15, 0.2) is 48.5 Å². The molecule has 0 aliphatic heterocycles. The van der Waals surface area contributed by atoms with Gasteiger partial charge in [-0.25, -0.2) is 0 Å². The topological polar surface area (TPSA) is 29.1 Å². The number of carbonyl (C=O) groups is 1. The fraction of sp³-hybridized carbons (Fsp3) is 0.458. The predicted octanol–water partition coefficient (Wildman–Crippen LogP) is 5.81. The normalized spacial score (nSPS) is 18.7. The van der Waals surface area contributed by atoms with E-state index in [1.807, 2.05) is 19.1 Å². The molecule has 1 saturated carbocycles. The van der Waals surface area contributed by atoms with Gasteiger partial charge in [-0.2, -0.15) is 0 Å². The number of nitrogens with one attached hydrogen (secondary N) is 1. The van der Waals surface area contributed by atoms with Crippen molar-refractivity contribution in [1.82, 2.24) is 0 Å². The third-order valence-corrected chi connectivity index (χ3v) is 6.35. The summed E-state index contributed by atoms with van der Waals surface area (Å²) in [5.41, 5.74) is 5.65. The molecular weight excluding hydrogens is 318 g/mol. The number of benzene rings is 2. The van der Waals surface area contributed by atoms with Gasteiger partial charge in [0.25, 0.3) is 0 Å². The zero-order valence-corrected chi connectivity index (χ0v) is 15.8.